The monoisotopic (exact) mass is 354 g/mol. The Morgan fingerprint density at radius 2 is 1.71 bits per heavy atom. The van der Waals surface area contributed by atoms with Gasteiger partial charge in [-0.2, -0.15) is 0 Å². The molecule has 4 heteroatoms. The van der Waals surface area contributed by atoms with Gasteiger partial charge >= 0.3 is 0 Å². The van der Waals surface area contributed by atoms with E-state index in [2.05, 4.69) is 15.9 Å². The molecule has 0 radical (unpaired) electrons. The van der Waals surface area contributed by atoms with Crippen molar-refractivity contribution in [3.05, 3.63) is 39.9 Å². The van der Waals surface area contributed by atoms with Crippen molar-refractivity contribution in [3.8, 4) is 5.75 Å². The second-order valence-electron chi connectivity index (χ2n) is 6.03. The van der Waals surface area contributed by atoms with Crippen molar-refractivity contribution in [1.82, 2.24) is 0 Å². The van der Waals surface area contributed by atoms with Crippen molar-refractivity contribution in [3.63, 3.8) is 0 Å². The molecule has 3 N–H and O–H groups in total. The van der Waals surface area contributed by atoms with Crippen LogP contribution in [0.5, 0.6) is 5.75 Å². The van der Waals surface area contributed by atoms with Crippen LogP contribution >= 0.6 is 15.9 Å². The maximum absolute atomic E-state index is 10.2. The van der Waals surface area contributed by atoms with Crippen molar-refractivity contribution in [2.45, 2.75) is 39.7 Å². The van der Waals surface area contributed by atoms with Crippen LogP contribution < -0.4 is 0 Å². The smallest absolute Gasteiger partial charge is 0.126 e. The molecule has 0 saturated heterocycles. The van der Waals surface area contributed by atoms with Crippen molar-refractivity contribution in [2.75, 3.05) is 6.61 Å². The highest BCUT2D eigenvalue weighted by Gasteiger charge is 2.09. The standard InChI is InChI=1S/C13H13BrO2.C4H10O/c1-8-6-9-2-3-10(14)7-12(9)13(16)11(8)4-5-15;1-4(2,3)5/h2-3,6-7,15-16H,4-5H2,1H3;5H,1-3H3. The molecule has 0 atom stereocenters. The summed E-state index contributed by atoms with van der Waals surface area (Å²) in [7, 11) is 0. The lowest BCUT2D eigenvalue weighted by molar-refractivity contribution is 0.102. The van der Waals surface area contributed by atoms with E-state index in [1.165, 1.54) is 0 Å². The number of phenols is 1. The molecule has 0 unspecified atom stereocenters. The molecule has 0 bridgehead atoms. The molecule has 3 nitrogen and oxygen atoms in total. The van der Waals surface area contributed by atoms with Gasteiger partial charge in [0.15, 0.2) is 0 Å². The lowest BCUT2D eigenvalue weighted by Gasteiger charge is -2.11. The maximum atomic E-state index is 10.2. The maximum Gasteiger partial charge on any atom is 0.126 e. The number of hydrogen-bond acceptors (Lipinski definition) is 3. The second kappa shape index (κ2) is 7.25. The highest BCUT2D eigenvalue weighted by molar-refractivity contribution is 9.10. The van der Waals surface area contributed by atoms with E-state index in [0.29, 0.717) is 6.42 Å². The number of aliphatic hydroxyl groups is 2. The van der Waals surface area contributed by atoms with Crippen LogP contribution in [0.15, 0.2) is 28.7 Å². The number of halogens is 1. The molecule has 116 valence electrons. The minimum Gasteiger partial charge on any atom is -0.507 e. The summed E-state index contributed by atoms with van der Waals surface area (Å²) in [5, 5.41) is 29.5. The minimum absolute atomic E-state index is 0.0495. The predicted molar refractivity (Wildman–Crippen MR) is 90.8 cm³/mol. The summed E-state index contributed by atoms with van der Waals surface area (Å²) in [4.78, 5) is 0. The van der Waals surface area contributed by atoms with E-state index in [9.17, 15) is 5.11 Å². The van der Waals surface area contributed by atoms with Gasteiger partial charge in [0.25, 0.3) is 0 Å². The van der Waals surface area contributed by atoms with E-state index in [4.69, 9.17) is 10.2 Å². The number of hydrogen-bond donors (Lipinski definition) is 3. The van der Waals surface area contributed by atoms with Gasteiger partial charge < -0.3 is 15.3 Å². The average molecular weight is 355 g/mol. The Kier molecular flexibility index (Phi) is 6.20. The van der Waals surface area contributed by atoms with Crippen molar-refractivity contribution >= 4 is 26.7 Å². The number of benzene rings is 2. The Morgan fingerprint density at radius 3 is 2.24 bits per heavy atom. The number of aryl methyl sites for hydroxylation is 1. The molecule has 0 heterocycles. The fourth-order valence-corrected chi connectivity index (χ4v) is 2.32. The Labute approximate surface area is 134 Å². The van der Waals surface area contributed by atoms with Crippen LogP contribution in [0.2, 0.25) is 0 Å². The van der Waals surface area contributed by atoms with Crippen LogP contribution in [0.25, 0.3) is 10.8 Å². The SMILES string of the molecule is CC(C)(C)O.Cc1cc2ccc(Br)cc2c(O)c1CCO. The molecule has 0 amide bonds. The second-order valence-corrected chi connectivity index (χ2v) is 6.95. The van der Waals surface area contributed by atoms with Crippen LogP contribution in [0.4, 0.5) is 0 Å². The van der Waals surface area contributed by atoms with Gasteiger partial charge in [0, 0.05) is 16.5 Å². The van der Waals surface area contributed by atoms with Gasteiger partial charge in [-0.05, 0) is 62.8 Å². The molecule has 0 spiro atoms. The molecule has 21 heavy (non-hydrogen) atoms. The van der Waals surface area contributed by atoms with E-state index in [1.807, 2.05) is 31.2 Å². The Balaban J connectivity index is 0.000000383. The summed E-state index contributed by atoms with van der Waals surface area (Å²) in [5.74, 6) is 0.283. The molecule has 0 aliphatic heterocycles. The first-order valence-corrected chi connectivity index (χ1v) is 7.66. The van der Waals surface area contributed by atoms with Crippen molar-refractivity contribution in [2.24, 2.45) is 0 Å². The third kappa shape index (κ3) is 5.65. The van der Waals surface area contributed by atoms with E-state index in [0.717, 1.165) is 26.4 Å². The van der Waals surface area contributed by atoms with Gasteiger partial charge in [0.1, 0.15) is 5.75 Å². The van der Waals surface area contributed by atoms with Gasteiger partial charge in [0.05, 0.1) is 5.60 Å². The molecule has 0 fully saturated rings. The Morgan fingerprint density at radius 1 is 1.14 bits per heavy atom. The van der Waals surface area contributed by atoms with Crippen LogP contribution in [0.1, 0.15) is 31.9 Å². The zero-order chi connectivity index (χ0) is 16.2. The highest BCUT2D eigenvalue weighted by atomic mass is 79.9. The first kappa shape index (κ1) is 18.0. The van der Waals surface area contributed by atoms with E-state index in [-0.39, 0.29) is 12.4 Å². The first-order valence-electron chi connectivity index (χ1n) is 6.87. The topological polar surface area (TPSA) is 60.7 Å². The Hall–Kier alpha value is -1.10. The first-order chi connectivity index (χ1) is 9.63. The van der Waals surface area contributed by atoms with Crippen molar-refractivity contribution in [1.29, 1.82) is 0 Å². The molecular formula is C17H23BrO3. The average Bonchev–Trinajstić information content (AvgIpc) is 2.34. The quantitative estimate of drug-likeness (QED) is 0.765. The molecule has 0 aliphatic rings. The zero-order valence-electron chi connectivity index (χ0n) is 12.9. The molecule has 2 aromatic rings. The number of phenolic OH excluding ortho intramolecular Hbond substituents is 1. The summed E-state index contributed by atoms with van der Waals surface area (Å²) in [6.07, 6.45) is 0.486. The summed E-state index contributed by atoms with van der Waals surface area (Å²) in [6, 6.07) is 7.85. The summed E-state index contributed by atoms with van der Waals surface area (Å²) >= 11 is 3.39. The molecule has 0 aliphatic carbocycles. The third-order valence-electron chi connectivity index (χ3n) is 2.77. The summed E-state index contributed by atoms with van der Waals surface area (Å²) in [5.41, 5.74) is 1.34. The molecular weight excluding hydrogens is 332 g/mol. The van der Waals surface area contributed by atoms with Gasteiger partial charge in [0.2, 0.25) is 0 Å². The molecule has 2 rings (SSSR count). The number of fused-ring (bicyclic) bond motifs is 1. The van der Waals surface area contributed by atoms with E-state index in [1.54, 1.807) is 20.8 Å². The van der Waals surface area contributed by atoms with Gasteiger partial charge in [-0.1, -0.05) is 28.1 Å². The van der Waals surface area contributed by atoms with Crippen LogP contribution in [-0.2, 0) is 6.42 Å². The predicted octanol–water partition coefficient (Wildman–Crippen LogP) is 3.93. The van der Waals surface area contributed by atoms with Crippen LogP contribution in [-0.4, -0.2) is 27.5 Å². The lowest BCUT2D eigenvalue weighted by atomic mass is 9.98. The van der Waals surface area contributed by atoms with E-state index < -0.39 is 5.60 Å². The number of aliphatic hydroxyl groups excluding tert-OH is 1. The fraction of sp³-hybridized carbons (Fsp3) is 0.412. The Bertz CT molecular complexity index is 609. The minimum atomic E-state index is -0.500. The number of rotatable bonds is 2. The zero-order valence-corrected chi connectivity index (χ0v) is 14.5. The van der Waals surface area contributed by atoms with Gasteiger partial charge in [-0.15, -0.1) is 0 Å². The van der Waals surface area contributed by atoms with Crippen LogP contribution in [0, 0.1) is 6.92 Å². The largest absolute Gasteiger partial charge is 0.507 e. The normalized spacial score (nSPS) is 11.2. The number of aromatic hydroxyl groups is 1. The highest BCUT2D eigenvalue weighted by Crippen LogP contribution is 2.33. The fourth-order valence-electron chi connectivity index (χ4n) is 1.96. The summed E-state index contributed by atoms with van der Waals surface area (Å²) < 4.78 is 0.939. The molecule has 0 saturated carbocycles. The van der Waals surface area contributed by atoms with E-state index >= 15 is 0 Å². The van der Waals surface area contributed by atoms with Gasteiger partial charge in [-0.3, -0.25) is 0 Å². The molecule has 0 aromatic heterocycles. The lowest BCUT2D eigenvalue weighted by Crippen LogP contribution is -2.10. The molecule has 2 aromatic carbocycles. The third-order valence-corrected chi connectivity index (χ3v) is 3.26. The van der Waals surface area contributed by atoms with Crippen molar-refractivity contribution < 1.29 is 15.3 Å². The van der Waals surface area contributed by atoms with Gasteiger partial charge in [-0.25, -0.2) is 0 Å². The summed E-state index contributed by atoms with van der Waals surface area (Å²) in [6.45, 7) is 7.23. The van der Waals surface area contributed by atoms with Crippen LogP contribution in [0.3, 0.4) is 0 Å².